The van der Waals surface area contributed by atoms with E-state index in [0.29, 0.717) is 5.78 Å². The molecule has 0 aliphatic carbocycles. The average Bonchev–Trinajstić information content (AvgIpc) is 2.86. The van der Waals surface area contributed by atoms with Gasteiger partial charge in [-0.25, -0.2) is 4.98 Å². The molecule has 0 aromatic carbocycles. The van der Waals surface area contributed by atoms with Crippen molar-refractivity contribution in [1.82, 2.24) is 19.6 Å². The molecule has 1 aliphatic rings. The molecular formula is C12H15N5O. The van der Waals surface area contributed by atoms with E-state index in [1.807, 2.05) is 13.0 Å². The van der Waals surface area contributed by atoms with Crippen LogP contribution in [0.15, 0.2) is 12.4 Å². The summed E-state index contributed by atoms with van der Waals surface area (Å²) in [5.41, 5.74) is 0.933. The summed E-state index contributed by atoms with van der Waals surface area (Å²) in [6.07, 6.45) is 4.39. The Bertz CT molecular complexity index is 571. The summed E-state index contributed by atoms with van der Waals surface area (Å²) in [6, 6.07) is 2.02. The molecule has 0 amide bonds. The van der Waals surface area contributed by atoms with E-state index in [2.05, 4.69) is 20.0 Å². The summed E-state index contributed by atoms with van der Waals surface area (Å²) < 4.78 is 1.76. The number of carbonyl (C=O) groups excluding carboxylic acids is 1. The number of hydrogen-bond acceptors (Lipinski definition) is 5. The molecule has 0 spiro atoms. The molecule has 2 aromatic rings. The average molecular weight is 245 g/mol. The van der Waals surface area contributed by atoms with E-state index in [0.717, 1.165) is 43.7 Å². The molecule has 6 nitrogen and oxygen atoms in total. The third kappa shape index (κ3) is 1.83. The molecule has 1 fully saturated rings. The van der Waals surface area contributed by atoms with E-state index in [1.165, 1.54) is 6.33 Å². The monoisotopic (exact) mass is 245 g/mol. The van der Waals surface area contributed by atoms with E-state index in [4.69, 9.17) is 0 Å². The number of aryl methyl sites for hydroxylation is 1. The zero-order valence-corrected chi connectivity index (χ0v) is 10.3. The molecule has 3 heterocycles. The highest BCUT2D eigenvalue weighted by Gasteiger charge is 2.21. The lowest BCUT2D eigenvalue weighted by molar-refractivity contribution is -0.111. The van der Waals surface area contributed by atoms with Gasteiger partial charge in [0.05, 0.1) is 0 Å². The minimum absolute atomic E-state index is 0.204. The molecule has 1 aliphatic heterocycles. The highest BCUT2D eigenvalue weighted by atomic mass is 16.1. The van der Waals surface area contributed by atoms with Crippen LogP contribution in [0.25, 0.3) is 5.78 Å². The van der Waals surface area contributed by atoms with Crippen molar-refractivity contribution < 1.29 is 4.79 Å². The number of rotatable bonds is 2. The van der Waals surface area contributed by atoms with Gasteiger partial charge >= 0.3 is 0 Å². The molecular weight excluding hydrogens is 230 g/mol. The fraction of sp³-hybridized carbons (Fsp3) is 0.500. The second-order valence-electron chi connectivity index (χ2n) is 4.69. The minimum atomic E-state index is 0.204. The maximum absolute atomic E-state index is 10.8. The normalized spacial score (nSPS) is 17.3. The molecule has 0 bridgehead atoms. The first-order valence-corrected chi connectivity index (χ1v) is 6.15. The van der Waals surface area contributed by atoms with Crippen LogP contribution in [-0.4, -0.2) is 39.0 Å². The molecule has 94 valence electrons. The van der Waals surface area contributed by atoms with Crippen molar-refractivity contribution in [3.05, 3.63) is 18.1 Å². The van der Waals surface area contributed by atoms with Crippen LogP contribution in [0.2, 0.25) is 0 Å². The van der Waals surface area contributed by atoms with Gasteiger partial charge in [0.1, 0.15) is 18.4 Å². The second kappa shape index (κ2) is 4.36. The molecule has 0 saturated carbocycles. The molecule has 2 aromatic heterocycles. The van der Waals surface area contributed by atoms with E-state index in [9.17, 15) is 4.79 Å². The van der Waals surface area contributed by atoms with Gasteiger partial charge < -0.3 is 9.69 Å². The van der Waals surface area contributed by atoms with Crippen molar-refractivity contribution in [2.75, 3.05) is 18.0 Å². The predicted octanol–water partition coefficient (Wildman–Crippen LogP) is 0.848. The highest BCUT2D eigenvalue weighted by Crippen LogP contribution is 2.22. The molecule has 0 N–H and O–H groups in total. The number of aromatic nitrogens is 4. The largest absolute Gasteiger partial charge is 0.356 e. The first-order valence-electron chi connectivity index (χ1n) is 6.15. The van der Waals surface area contributed by atoms with E-state index >= 15 is 0 Å². The van der Waals surface area contributed by atoms with Gasteiger partial charge in [0, 0.05) is 30.8 Å². The van der Waals surface area contributed by atoms with Gasteiger partial charge in [-0.1, -0.05) is 0 Å². The quantitative estimate of drug-likeness (QED) is 0.734. The maximum Gasteiger partial charge on any atom is 0.254 e. The van der Waals surface area contributed by atoms with Gasteiger partial charge in [-0.3, -0.25) is 0 Å². The van der Waals surface area contributed by atoms with Crippen LogP contribution in [0.4, 0.5) is 5.82 Å². The van der Waals surface area contributed by atoms with E-state index < -0.39 is 0 Å². The Balaban J connectivity index is 1.94. The Morgan fingerprint density at radius 2 is 2.17 bits per heavy atom. The zero-order chi connectivity index (χ0) is 12.5. The molecule has 6 heteroatoms. The Morgan fingerprint density at radius 3 is 2.89 bits per heavy atom. The topological polar surface area (TPSA) is 63.4 Å². The van der Waals surface area contributed by atoms with Crippen LogP contribution in [0.1, 0.15) is 18.5 Å². The van der Waals surface area contributed by atoms with E-state index in [-0.39, 0.29) is 5.92 Å². The molecule has 18 heavy (non-hydrogen) atoms. The van der Waals surface area contributed by atoms with Crippen LogP contribution in [-0.2, 0) is 4.79 Å². The standard InChI is InChI=1S/C12H15N5O/c1-9-6-11(17-12(15-9)13-8-14-17)16-4-2-10(7-18)3-5-16/h6-8,10H,2-5H2,1H3. The number of carbonyl (C=O) groups is 1. The van der Waals surface area contributed by atoms with Crippen molar-refractivity contribution in [3.63, 3.8) is 0 Å². The number of anilines is 1. The lowest BCUT2D eigenvalue weighted by Crippen LogP contribution is -2.35. The highest BCUT2D eigenvalue weighted by molar-refractivity contribution is 5.55. The minimum Gasteiger partial charge on any atom is -0.356 e. The predicted molar refractivity (Wildman–Crippen MR) is 66.5 cm³/mol. The van der Waals surface area contributed by atoms with Crippen LogP contribution < -0.4 is 4.90 Å². The Kier molecular flexibility index (Phi) is 2.70. The fourth-order valence-electron chi connectivity index (χ4n) is 2.40. The SMILES string of the molecule is Cc1cc(N2CCC(C=O)CC2)n2ncnc2n1. The van der Waals surface area contributed by atoms with Crippen molar-refractivity contribution in [3.8, 4) is 0 Å². The zero-order valence-electron chi connectivity index (χ0n) is 10.3. The number of hydrogen-bond donors (Lipinski definition) is 0. The number of nitrogens with zero attached hydrogens (tertiary/aromatic N) is 5. The smallest absolute Gasteiger partial charge is 0.254 e. The van der Waals surface area contributed by atoms with Crippen LogP contribution in [0.3, 0.4) is 0 Å². The van der Waals surface area contributed by atoms with Gasteiger partial charge in [-0.2, -0.15) is 14.6 Å². The first kappa shape index (κ1) is 11.1. The van der Waals surface area contributed by atoms with Crippen molar-refractivity contribution in [2.45, 2.75) is 19.8 Å². The van der Waals surface area contributed by atoms with Gasteiger partial charge in [0.15, 0.2) is 0 Å². The number of fused-ring (bicyclic) bond motifs is 1. The van der Waals surface area contributed by atoms with Gasteiger partial charge in [-0.05, 0) is 19.8 Å². The maximum atomic E-state index is 10.8. The van der Waals surface area contributed by atoms with Crippen molar-refractivity contribution in [2.24, 2.45) is 5.92 Å². The van der Waals surface area contributed by atoms with Gasteiger partial charge in [-0.15, -0.1) is 0 Å². The number of aldehydes is 1. The first-order chi connectivity index (χ1) is 8.78. The Morgan fingerprint density at radius 1 is 1.39 bits per heavy atom. The number of piperidine rings is 1. The molecule has 0 atom stereocenters. The van der Waals surface area contributed by atoms with Crippen molar-refractivity contribution in [1.29, 1.82) is 0 Å². The van der Waals surface area contributed by atoms with Gasteiger partial charge in [0.25, 0.3) is 5.78 Å². The van der Waals surface area contributed by atoms with E-state index in [1.54, 1.807) is 4.52 Å². The third-order valence-corrected chi connectivity index (χ3v) is 3.42. The fourth-order valence-corrected chi connectivity index (χ4v) is 2.40. The second-order valence-corrected chi connectivity index (χ2v) is 4.69. The lowest BCUT2D eigenvalue weighted by Gasteiger charge is -2.31. The van der Waals surface area contributed by atoms with Gasteiger partial charge in [0.2, 0.25) is 0 Å². The lowest BCUT2D eigenvalue weighted by atomic mass is 9.99. The third-order valence-electron chi connectivity index (χ3n) is 3.42. The van der Waals surface area contributed by atoms with Crippen LogP contribution in [0, 0.1) is 12.8 Å². The summed E-state index contributed by atoms with van der Waals surface area (Å²) in [4.78, 5) is 21.5. The molecule has 0 radical (unpaired) electrons. The molecule has 0 unspecified atom stereocenters. The van der Waals surface area contributed by atoms with Crippen molar-refractivity contribution >= 4 is 17.9 Å². The summed E-state index contributed by atoms with van der Waals surface area (Å²) >= 11 is 0. The van der Waals surface area contributed by atoms with Crippen LogP contribution >= 0.6 is 0 Å². The summed E-state index contributed by atoms with van der Waals surface area (Å²) in [5.74, 6) is 1.84. The summed E-state index contributed by atoms with van der Waals surface area (Å²) in [6.45, 7) is 3.71. The summed E-state index contributed by atoms with van der Waals surface area (Å²) in [5, 5.41) is 4.21. The Hall–Kier alpha value is -1.98. The molecule has 3 rings (SSSR count). The molecule has 1 saturated heterocycles. The Labute approximate surface area is 105 Å². The van der Waals surface area contributed by atoms with Crippen LogP contribution in [0.5, 0.6) is 0 Å². The summed E-state index contributed by atoms with van der Waals surface area (Å²) in [7, 11) is 0.